The molecular weight excluding hydrogens is 1250 g/mol. The van der Waals surface area contributed by atoms with Gasteiger partial charge in [-0.05, 0) is 216 Å². The standard InChI is InChI=1S/C85H60N16/c1-9-41-86-69(17-1)77-49-65(50-78(98-77)70-18-2-10-42-87-70)94-61-33-25-57(26-34-61)85(58-27-35-62(36-28-58)95-66-51-79(71-19-3-11-43-88-71)99-80(52-66)72-20-4-12-44-89-72,59-29-37-63(38-30-59)96-67-53-81(73-21-5-13-45-90-73)100-82(54-67)74-22-6-14-46-91-74)60-31-39-64(40-32-60)97-68-55-83(75-23-7-15-47-92-75)101-84(56-68)76-24-8-16-48-93-76/h1-56H,(H,94,98)(H,95,99)(H,96,100)(H,97,101). The van der Waals surface area contributed by atoms with Gasteiger partial charge in [-0.1, -0.05) is 97.1 Å². The van der Waals surface area contributed by atoms with Gasteiger partial charge in [0, 0.05) is 95.1 Å². The number of nitrogens with one attached hydrogen (secondary N) is 4. The van der Waals surface area contributed by atoms with Crippen LogP contribution >= 0.6 is 0 Å². The number of anilines is 8. The summed E-state index contributed by atoms with van der Waals surface area (Å²) in [5.74, 6) is 0. The maximum Gasteiger partial charge on any atom is 0.0915 e. The van der Waals surface area contributed by atoms with Crippen LogP contribution in [0.1, 0.15) is 22.3 Å². The summed E-state index contributed by atoms with van der Waals surface area (Å²) in [7, 11) is 0. The van der Waals surface area contributed by atoms with Gasteiger partial charge in [-0.3, -0.25) is 39.9 Å². The van der Waals surface area contributed by atoms with Crippen molar-refractivity contribution in [3.05, 3.63) is 363 Å². The van der Waals surface area contributed by atoms with E-state index in [1.165, 1.54) is 0 Å². The predicted octanol–water partition coefficient (Wildman–Crippen LogP) is 19.1. The van der Waals surface area contributed by atoms with E-state index in [9.17, 15) is 0 Å². The quantitative estimate of drug-likeness (QED) is 0.0524. The molecule has 0 aliphatic rings. The molecule has 0 amide bonds. The van der Waals surface area contributed by atoms with Crippen molar-refractivity contribution in [1.82, 2.24) is 59.8 Å². The summed E-state index contributed by atoms with van der Waals surface area (Å²) in [6, 6.07) is 97.7. The van der Waals surface area contributed by atoms with E-state index in [-0.39, 0.29) is 0 Å². The molecular formula is C85H60N16. The van der Waals surface area contributed by atoms with Crippen LogP contribution in [-0.4, -0.2) is 59.8 Å². The van der Waals surface area contributed by atoms with Crippen LogP contribution in [0.25, 0.3) is 91.1 Å². The molecule has 0 radical (unpaired) electrons. The van der Waals surface area contributed by atoms with E-state index >= 15 is 0 Å². The monoisotopic (exact) mass is 1300 g/mol. The number of nitrogens with zero attached hydrogens (tertiary/aromatic N) is 12. The Morgan fingerprint density at radius 2 is 0.317 bits per heavy atom. The molecule has 12 aromatic heterocycles. The molecule has 0 fully saturated rings. The van der Waals surface area contributed by atoms with Gasteiger partial charge in [0.05, 0.1) is 96.5 Å². The highest BCUT2D eigenvalue weighted by molar-refractivity contribution is 5.79. The molecule has 4 aromatic carbocycles. The van der Waals surface area contributed by atoms with Gasteiger partial charge in [-0.15, -0.1) is 0 Å². The number of pyridine rings is 12. The van der Waals surface area contributed by atoms with Crippen molar-refractivity contribution in [1.29, 1.82) is 0 Å². The first-order valence-electron chi connectivity index (χ1n) is 32.9. The zero-order valence-electron chi connectivity index (χ0n) is 54.2. The fraction of sp³-hybridized carbons (Fsp3) is 0.0118. The topological polar surface area (TPSA) is 203 Å². The second kappa shape index (κ2) is 28.3. The van der Waals surface area contributed by atoms with E-state index in [0.717, 1.165) is 113 Å². The van der Waals surface area contributed by atoms with Crippen LogP contribution in [-0.2, 0) is 5.41 Å². The first-order valence-corrected chi connectivity index (χ1v) is 32.9. The molecule has 16 aromatic rings. The third-order valence-electron chi connectivity index (χ3n) is 17.1. The van der Waals surface area contributed by atoms with Crippen LogP contribution in [0.2, 0.25) is 0 Å². The fourth-order valence-electron chi connectivity index (χ4n) is 12.5. The molecule has 0 saturated carbocycles. The van der Waals surface area contributed by atoms with Crippen LogP contribution in [0.3, 0.4) is 0 Å². The SMILES string of the molecule is c1ccc(-c2cc(Nc3ccc(C(c4ccc(Nc5cc(-c6ccccn6)nc(-c6ccccn6)c5)cc4)(c4ccc(Nc5cc(-c6ccccn6)nc(-c6ccccn6)c5)cc4)c4ccc(Nc5cc(-c6ccccn6)nc(-c6ccccn6)c5)cc4)cc3)cc(-c3ccccn3)n2)nc1. The zero-order valence-corrected chi connectivity index (χ0v) is 54.2. The summed E-state index contributed by atoms with van der Waals surface area (Å²) in [5.41, 5.74) is 21.4. The average molecular weight is 1310 g/mol. The Hall–Kier alpha value is -14.1. The molecule has 16 rings (SSSR count). The summed E-state index contributed by atoms with van der Waals surface area (Å²) >= 11 is 0. The summed E-state index contributed by atoms with van der Waals surface area (Å²) in [6.45, 7) is 0. The predicted molar refractivity (Wildman–Crippen MR) is 401 cm³/mol. The van der Waals surface area contributed by atoms with E-state index in [1.807, 2.05) is 194 Å². The van der Waals surface area contributed by atoms with Gasteiger partial charge in [0.1, 0.15) is 0 Å². The molecule has 0 saturated heterocycles. The molecule has 0 aliphatic carbocycles. The second-order valence-corrected chi connectivity index (χ2v) is 23.8. The van der Waals surface area contributed by atoms with Crippen LogP contribution in [0.4, 0.5) is 45.5 Å². The van der Waals surface area contributed by atoms with Gasteiger partial charge in [0.15, 0.2) is 0 Å². The van der Waals surface area contributed by atoms with Gasteiger partial charge in [-0.2, -0.15) is 0 Å². The van der Waals surface area contributed by atoms with Gasteiger partial charge in [0.25, 0.3) is 0 Å². The van der Waals surface area contributed by atoms with E-state index in [1.54, 1.807) is 49.6 Å². The Morgan fingerprint density at radius 3 is 0.455 bits per heavy atom. The Labute approximate surface area is 582 Å². The van der Waals surface area contributed by atoms with Crippen LogP contribution in [0.15, 0.2) is 341 Å². The molecule has 480 valence electrons. The van der Waals surface area contributed by atoms with E-state index in [2.05, 4.69) is 158 Å². The molecule has 0 aliphatic heterocycles. The number of rotatable bonds is 20. The number of benzene rings is 4. The minimum absolute atomic E-state index is 0.712. The lowest BCUT2D eigenvalue weighted by Crippen LogP contribution is -2.31. The molecule has 4 N–H and O–H groups in total. The highest BCUT2D eigenvalue weighted by Crippen LogP contribution is 2.47. The van der Waals surface area contributed by atoms with Crippen LogP contribution in [0, 0.1) is 0 Å². The highest BCUT2D eigenvalue weighted by atomic mass is 14.9. The third kappa shape index (κ3) is 13.7. The fourth-order valence-corrected chi connectivity index (χ4v) is 12.5. The van der Waals surface area contributed by atoms with E-state index < -0.39 is 5.41 Å². The Balaban J connectivity index is 0.834. The maximum absolute atomic E-state index is 5.05. The third-order valence-corrected chi connectivity index (χ3v) is 17.1. The lowest BCUT2D eigenvalue weighted by molar-refractivity contribution is 0.745. The smallest absolute Gasteiger partial charge is 0.0915 e. The first-order chi connectivity index (χ1) is 49.9. The molecule has 12 heterocycles. The van der Waals surface area contributed by atoms with E-state index in [0.29, 0.717) is 45.6 Å². The van der Waals surface area contributed by atoms with Crippen molar-refractivity contribution in [3.63, 3.8) is 0 Å². The summed E-state index contributed by atoms with van der Waals surface area (Å²) in [6.07, 6.45) is 14.2. The second-order valence-electron chi connectivity index (χ2n) is 23.8. The van der Waals surface area contributed by atoms with Crippen molar-refractivity contribution in [2.24, 2.45) is 0 Å². The van der Waals surface area contributed by atoms with Crippen LogP contribution in [0.5, 0.6) is 0 Å². The van der Waals surface area contributed by atoms with Crippen molar-refractivity contribution < 1.29 is 0 Å². The molecule has 0 unspecified atom stereocenters. The normalized spacial score (nSPS) is 11.2. The minimum atomic E-state index is -0.970. The molecule has 0 spiro atoms. The van der Waals surface area contributed by atoms with E-state index in [4.69, 9.17) is 19.9 Å². The number of aromatic nitrogens is 12. The summed E-state index contributed by atoms with van der Waals surface area (Å²) in [5, 5.41) is 15.0. The Morgan fingerprint density at radius 1 is 0.158 bits per heavy atom. The largest absolute Gasteiger partial charge is 0.355 e. The Kier molecular flexibility index (Phi) is 17.3. The van der Waals surface area contributed by atoms with Gasteiger partial charge in [0.2, 0.25) is 0 Å². The van der Waals surface area contributed by atoms with Crippen molar-refractivity contribution >= 4 is 45.5 Å². The lowest BCUT2D eigenvalue weighted by atomic mass is 9.65. The maximum atomic E-state index is 5.05. The lowest BCUT2D eigenvalue weighted by Gasteiger charge is -2.37. The average Bonchev–Trinajstić information content (AvgIpc) is 0.722. The Bertz CT molecular complexity index is 4540. The zero-order chi connectivity index (χ0) is 67.6. The first kappa shape index (κ1) is 61.7. The summed E-state index contributed by atoms with van der Waals surface area (Å²) < 4.78 is 0. The van der Waals surface area contributed by atoms with Crippen molar-refractivity contribution in [2.75, 3.05) is 21.3 Å². The molecule has 0 bridgehead atoms. The van der Waals surface area contributed by atoms with Crippen LogP contribution < -0.4 is 21.3 Å². The molecule has 101 heavy (non-hydrogen) atoms. The van der Waals surface area contributed by atoms with Crippen molar-refractivity contribution in [3.8, 4) is 91.1 Å². The molecule has 0 atom stereocenters. The number of hydrogen-bond donors (Lipinski definition) is 4. The molecule has 16 nitrogen and oxygen atoms in total. The minimum Gasteiger partial charge on any atom is -0.355 e. The van der Waals surface area contributed by atoms with Crippen molar-refractivity contribution in [2.45, 2.75) is 5.41 Å². The van der Waals surface area contributed by atoms with Gasteiger partial charge < -0.3 is 21.3 Å². The molecule has 16 heteroatoms. The summed E-state index contributed by atoms with van der Waals surface area (Å²) in [4.78, 5) is 57.6. The highest BCUT2D eigenvalue weighted by Gasteiger charge is 2.39. The van der Waals surface area contributed by atoms with Gasteiger partial charge in [-0.25, -0.2) is 19.9 Å². The number of hydrogen-bond acceptors (Lipinski definition) is 16. The van der Waals surface area contributed by atoms with Gasteiger partial charge >= 0.3 is 0 Å².